The third-order valence-electron chi connectivity index (χ3n) is 4.23. The van der Waals surface area contributed by atoms with Crippen molar-refractivity contribution in [2.24, 2.45) is 0 Å². The Hall–Kier alpha value is -1.71. The lowest BCUT2D eigenvalue weighted by atomic mass is 9.87. The number of carbonyl (C=O) groups excluding carboxylic acids is 1. The maximum Gasteiger partial charge on any atom is 0.317 e. The lowest BCUT2D eigenvalue weighted by Crippen LogP contribution is -2.43. The Morgan fingerprint density at radius 3 is 2.39 bits per heavy atom. The molecule has 4 heteroatoms. The number of hydrogen-bond donors (Lipinski definition) is 1. The van der Waals surface area contributed by atoms with Crippen LogP contribution < -0.4 is 10.1 Å². The Bertz CT molecular complexity index is 485. The summed E-state index contributed by atoms with van der Waals surface area (Å²) in [6, 6.07) is 8.35. The van der Waals surface area contributed by atoms with Crippen LogP contribution in [0.2, 0.25) is 0 Å². The van der Waals surface area contributed by atoms with Crippen LogP contribution in [0.4, 0.5) is 4.79 Å². The molecule has 0 atom stereocenters. The molecule has 0 saturated carbocycles. The van der Waals surface area contributed by atoms with Crippen molar-refractivity contribution in [3.8, 4) is 5.75 Å². The summed E-state index contributed by atoms with van der Waals surface area (Å²) in [5.74, 6) is 0.889. The average molecular weight is 318 g/mol. The zero-order chi connectivity index (χ0) is 16.7. The zero-order valence-electron chi connectivity index (χ0n) is 14.7. The maximum absolute atomic E-state index is 11.9. The third kappa shape index (κ3) is 5.77. The van der Waals surface area contributed by atoms with Crippen molar-refractivity contribution >= 4 is 6.03 Å². The fraction of sp³-hybridized carbons (Fsp3) is 0.632. The van der Waals surface area contributed by atoms with Gasteiger partial charge in [0.1, 0.15) is 5.75 Å². The van der Waals surface area contributed by atoms with Crippen LogP contribution >= 0.6 is 0 Å². The monoisotopic (exact) mass is 318 g/mol. The van der Waals surface area contributed by atoms with Crippen LogP contribution in [0.1, 0.15) is 52.0 Å². The normalized spacial score (nSPS) is 15.3. The van der Waals surface area contributed by atoms with E-state index in [1.54, 1.807) is 0 Å². The molecule has 0 spiro atoms. The van der Waals surface area contributed by atoms with Gasteiger partial charge in [-0.05, 0) is 48.8 Å². The number of urea groups is 1. The second kappa shape index (κ2) is 8.23. The molecule has 1 N–H and O–H groups in total. The molecule has 23 heavy (non-hydrogen) atoms. The maximum atomic E-state index is 11.9. The van der Waals surface area contributed by atoms with Crippen LogP contribution in [0.5, 0.6) is 5.75 Å². The molecule has 2 amide bonds. The van der Waals surface area contributed by atoms with Gasteiger partial charge in [0, 0.05) is 19.6 Å². The minimum Gasteiger partial charge on any atom is -0.494 e. The molecule has 1 aromatic carbocycles. The molecule has 1 saturated heterocycles. The third-order valence-corrected chi connectivity index (χ3v) is 4.23. The van der Waals surface area contributed by atoms with E-state index in [9.17, 15) is 4.79 Å². The molecular formula is C19H30N2O2. The number of amides is 2. The largest absolute Gasteiger partial charge is 0.494 e. The Morgan fingerprint density at radius 2 is 1.78 bits per heavy atom. The highest BCUT2D eigenvalue weighted by Crippen LogP contribution is 2.24. The van der Waals surface area contributed by atoms with Gasteiger partial charge in [0.2, 0.25) is 0 Å². The molecule has 4 nitrogen and oxygen atoms in total. The minimum atomic E-state index is 0.0687. The van der Waals surface area contributed by atoms with Gasteiger partial charge in [-0.1, -0.05) is 32.9 Å². The second-order valence-electron chi connectivity index (χ2n) is 7.26. The Morgan fingerprint density at radius 1 is 1.13 bits per heavy atom. The molecule has 0 aliphatic carbocycles. The molecule has 0 bridgehead atoms. The van der Waals surface area contributed by atoms with Crippen molar-refractivity contribution in [3.63, 3.8) is 0 Å². The zero-order valence-corrected chi connectivity index (χ0v) is 14.7. The first-order valence-electron chi connectivity index (χ1n) is 8.73. The fourth-order valence-corrected chi connectivity index (χ4v) is 2.72. The van der Waals surface area contributed by atoms with E-state index in [-0.39, 0.29) is 11.4 Å². The number of carbonyl (C=O) groups is 1. The average Bonchev–Trinajstić information content (AvgIpc) is 2.55. The fourth-order valence-electron chi connectivity index (χ4n) is 2.72. The minimum absolute atomic E-state index is 0.0687. The predicted molar refractivity (Wildman–Crippen MR) is 94.1 cm³/mol. The van der Waals surface area contributed by atoms with E-state index in [2.05, 4.69) is 38.2 Å². The lowest BCUT2D eigenvalue weighted by Gasteiger charge is -2.26. The van der Waals surface area contributed by atoms with Crippen LogP contribution in [-0.4, -0.2) is 37.2 Å². The van der Waals surface area contributed by atoms with Gasteiger partial charge in [0.15, 0.2) is 0 Å². The summed E-state index contributed by atoms with van der Waals surface area (Å²) >= 11 is 0. The Balaban J connectivity index is 1.62. The number of ether oxygens (including phenoxy) is 1. The lowest BCUT2D eigenvalue weighted by molar-refractivity contribution is 0.185. The summed E-state index contributed by atoms with van der Waals surface area (Å²) in [6.45, 7) is 9.67. The van der Waals surface area contributed by atoms with E-state index in [0.29, 0.717) is 13.2 Å². The molecule has 0 aromatic heterocycles. The summed E-state index contributed by atoms with van der Waals surface area (Å²) in [7, 11) is 0. The molecule has 1 aromatic rings. The number of likely N-dealkylation sites (tertiary alicyclic amines) is 1. The number of benzene rings is 1. The molecule has 0 radical (unpaired) electrons. The molecule has 1 heterocycles. The van der Waals surface area contributed by atoms with Gasteiger partial charge in [0.25, 0.3) is 0 Å². The van der Waals surface area contributed by atoms with Crippen molar-refractivity contribution < 1.29 is 9.53 Å². The molecule has 1 fully saturated rings. The molecule has 0 unspecified atom stereocenters. The summed E-state index contributed by atoms with van der Waals surface area (Å²) in [4.78, 5) is 13.8. The first kappa shape index (κ1) is 17.6. The van der Waals surface area contributed by atoms with Crippen molar-refractivity contribution in [1.29, 1.82) is 0 Å². The Labute approximate surface area is 140 Å². The topological polar surface area (TPSA) is 41.6 Å². The second-order valence-corrected chi connectivity index (χ2v) is 7.26. The van der Waals surface area contributed by atoms with Crippen LogP contribution in [0, 0.1) is 0 Å². The van der Waals surface area contributed by atoms with E-state index in [1.165, 1.54) is 12.0 Å². The van der Waals surface area contributed by atoms with Gasteiger partial charge in [-0.2, -0.15) is 0 Å². The van der Waals surface area contributed by atoms with Crippen LogP contribution in [0.25, 0.3) is 0 Å². The smallest absolute Gasteiger partial charge is 0.317 e. The van der Waals surface area contributed by atoms with Gasteiger partial charge in [-0.3, -0.25) is 0 Å². The van der Waals surface area contributed by atoms with E-state index in [4.69, 9.17) is 4.74 Å². The molecule has 2 rings (SSSR count). The SMILES string of the molecule is CC(C)(C)c1ccc(OCCCNC(=O)N2CCCCC2)cc1. The number of rotatable bonds is 5. The highest BCUT2D eigenvalue weighted by atomic mass is 16.5. The van der Waals surface area contributed by atoms with Crippen molar-refractivity contribution in [3.05, 3.63) is 29.8 Å². The van der Waals surface area contributed by atoms with Crippen LogP contribution in [0.15, 0.2) is 24.3 Å². The molecular weight excluding hydrogens is 288 g/mol. The summed E-state index contributed by atoms with van der Waals surface area (Å²) < 4.78 is 5.74. The first-order valence-corrected chi connectivity index (χ1v) is 8.73. The summed E-state index contributed by atoms with van der Waals surface area (Å²) in [5, 5.41) is 2.97. The van der Waals surface area contributed by atoms with Crippen molar-refractivity contribution in [1.82, 2.24) is 10.2 Å². The Kier molecular flexibility index (Phi) is 6.31. The predicted octanol–water partition coefficient (Wildman–Crippen LogP) is 3.95. The highest BCUT2D eigenvalue weighted by Gasteiger charge is 2.15. The first-order chi connectivity index (χ1) is 11.0. The highest BCUT2D eigenvalue weighted by molar-refractivity contribution is 5.74. The summed E-state index contributed by atoms with van der Waals surface area (Å²) in [6.07, 6.45) is 4.31. The molecule has 128 valence electrons. The van der Waals surface area contributed by atoms with Gasteiger partial charge >= 0.3 is 6.03 Å². The number of piperidine rings is 1. The van der Waals surface area contributed by atoms with E-state index < -0.39 is 0 Å². The van der Waals surface area contributed by atoms with E-state index in [0.717, 1.165) is 38.1 Å². The van der Waals surface area contributed by atoms with E-state index >= 15 is 0 Å². The van der Waals surface area contributed by atoms with Gasteiger partial charge in [-0.15, -0.1) is 0 Å². The van der Waals surface area contributed by atoms with Gasteiger partial charge in [0.05, 0.1) is 6.61 Å². The quantitative estimate of drug-likeness (QED) is 0.835. The van der Waals surface area contributed by atoms with E-state index in [1.807, 2.05) is 17.0 Å². The standard InChI is InChI=1S/C19H30N2O2/c1-19(2,3)16-8-10-17(11-9-16)23-15-7-12-20-18(22)21-13-5-4-6-14-21/h8-11H,4-7,12-15H2,1-3H3,(H,20,22). The van der Waals surface area contributed by atoms with Gasteiger partial charge < -0.3 is 15.0 Å². The number of nitrogens with zero attached hydrogens (tertiary/aromatic N) is 1. The summed E-state index contributed by atoms with van der Waals surface area (Å²) in [5.41, 5.74) is 1.47. The van der Waals surface area contributed by atoms with Crippen molar-refractivity contribution in [2.45, 2.75) is 51.9 Å². The molecule has 1 aliphatic rings. The van der Waals surface area contributed by atoms with Gasteiger partial charge in [-0.25, -0.2) is 4.79 Å². The van der Waals surface area contributed by atoms with Crippen molar-refractivity contribution in [2.75, 3.05) is 26.2 Å². The number of nitrogens with one attached hydrogen (secondary N) is 1. The van der Waals surface area contributed by atoms with Crippen LogP contribution in [0.3, 0.4) is 0 Å². The van der Waals surface area contributed by atoms with Crippen LogP contribution in [-0.2, 0) is 5.41 Å². The molecule has 1 aliphatic heterocycles. The number of hydrogen-bond acceptors (Lipinski definition) is 2.